The van der Waals surface area contributed by atoms with E-state index in [9.17, 15) is 0 Å². The molecule has 0 radical (unpaired) electrons. The Labute approximate surface area is 204 Å². The quantitative estimate of drug-likeness (QED) is 0.380. The van der Waals surface area contributed by atoms with Gasteiger partial charge < -0.3 is 14.2 Å². The molecule has 2 unspecified atom stereocenters. The van der Waals surface area contributed by atoms with Gasteiger partial charge in [-0.05, 0) is 50.1 Å². The zero-order chi connectivity index (χ0) is 24.5. The number of hydrogen-bond donors (Lipinski definition) is 0. The first-order chi connectivity index (χ1) is 17.0. The molecule has 4 aromatic rings. The third-order valence-electron chi connectivity index (χ3n) is 6.20. The van der Waals surface area contributed by atoms with Crippen molar-refractivity contribution in [2.24, 2.45) is 0 Å². The Hall–Kier alpha value is -4.01. The summed E-state index contributed by atoms with van der Waals surface area (Å²) in [5.74, 6) is 5.67. The maximum atomic E-state index is 5.46. The molecule has 1 aliphatic rings. The Morgan fingerprint density at radius 2 is 1.63 bits per heavy atom. The van der Waals surface area contributed by atoms with Crippen molar-refractivity contribution in [3.05, 3.63) is 77.0 Å². The molecule has 1 saturated carbocycles. The molecule has 1 aliphatic carbocycles. The number of aromatic nitrogens is 6. The van der Waals surface area contributed by atoms with Crippen LogP contribution >= 0.6 is 0 Å². The van der Waals surface area contributed by atoms with Crippen LogP contribution in [0.2, 0.25) is 0 Å². The highest BCUT2D eigenvalue weighted by Crippen LogP contribution is 2.53. The molecular weight excluding hydrogens is 444 g/mol. The van der Waals surface area contributed by atoms with Crippen LogP contribution in [0.15, 0.2) is 42.6 Å². The first-order valence-corrected chi connectivity index (χ1v) is 11.5. The van der Waals surface area contributed by atoms with Gasteiger partial charge in [0, 0.05) is 30.0 Å². The number of ether oxygens (including phenoxy) is 3. The summed E-state index contributed by atoms with van der Waals surface area (Å²) in [4.78, 5) is 18.7. The highest BCUT2D eigenvalue weighted by molar-refractivity contribution is 5.44. The Bertz CT molecular complexity index is 1350. The second kappa shape index (κ2) is 9.32. The van der Waals surface area contributed by atoms with E-state index in [2.05, 4.69) is 20.1 Å². The zero-order valence-corrected chi connectivity index (χ0v) is 20.5. The van der Waals surface area contributed by atoms with Crippen LogP contribution in [0.3, 0.4) is 0 Å². The van der Waals surface area contributed by atoms with Crippen LogP contribution in [0.5, 0.6) is 17.2 Å². The fraction of sp³-hybridized carbons (Fsp3) is 0.346. The Morgan fingerprint density at radius 1 is 0.829 bits per heavy atom. The lowest BCUT2D eigenvalue weighted by Crippen LogP contribution is -2.09. The van der Waals surface area contributed by atoms with E-state index in [4.69, 9.17) is 19.2 Å². The third kappa shape index (κ3) is 4.66. The first-order valence-electron chi connectivity index (χ1n) is 11.5. The van der Waals surface area contributed by atoms with Crippen LogP contribution in [-0.2, 0) is 6.42 Å². The summed E-state index contributed by atoms with van der Waals surface area (Å²) < 4.78 is 17.9. The zero-order valence-electron chi connectivity index (χ0n) is 20.5. The van der Waals surface area contributed by atoms with Crippen LogP contribution in [0.4, 0.5) is 0 Å². The standard InChI is InChI=1S/C26H28N6O3/c1-15-28-22(20-12-19(20)21-8-7-18(33-3)14-27-21)13-26(29-15)32-25(30-16(2)31-32)11-17-6-9-23(34-4)24(10-17)35-5/h6-10,13-14,19-20H,11-12H2,1-5H3. The molecule has 0 saturated heterocycles. The average Bonchev–Trinajstić information content (AvgIpc) is 3.59. The highest BCUT2D eigenvalue weighted by atomic mass is 16.5. The minimum absolute atomic E-state index is 0.301. The molecule has 3 heterocycles. The summed E-state index contributed by atoms with van der Waals surface area (Å²) in [6, 6.07) is 11.9. The molecule has 0 bridgehead atoms. The fourth-order valence-corrected chi connectivity index (χ4v) is 4.38. The highest BCUT2D eigenvalue weighted by Gasteiger charge is 2.42. The lowest BCUT2D eigenvalue weighted by molar-refractivity contribution is 0.354. The summed E-state index contributed by atoms with van der Waals surface area (Å²) in [5, 5.41) is 4.64. The van der Waals surface area contributed by atoms with E-state index in [1.165, 1.54) is 0 Å². The lowest BCUT2D eigenvalue weighted by Gasteiger charge is -2.11. The molecule has 35 heavy (non-hydrogen) atoms. The second-order valence-electron chi connectivity index (χ2n) is 8.62. The van der Waals surface area contributed by atoms with Gasteiger partial charge in [-0.25, -0.2) is 15.0 Å². The monoisotopic (exact) mass is 472 g/mol. The van der Waals surface area contributed by atoms with E-state index < -0.39 is 0 Å². The molecule has 3 aromatic heterocycles. The molecule has 180 valence electrons. The summed E-state index contributed by atoms with van der Waals surface area (Å²) >= 11 is 0. The molecule has 0 N–H and O–H groups in total. The second-order valence-corrected chi connectivity index (χ2v) is 8.62. The van der Waals surface area contributed by atoms with Gasteiger partial charge in [-0.3, -0.25) is 4.98 Å². The van der Waals surface area contributed by atoms with Crippen molar-refractivity contribution >= 4 is 0 Å². The molecule has 5 rings (SSSR count). The van der Waals surface area contributed by atoms with Gasteiger partial charge in [-0.1, -0.05) is 6.07 Å². The van der Waals surface area contributed by atoms with Gasteiger partial charge in [-0.2, -0.15) is 4.68 Å². The van der Waals surface area contributed by atoms with Gasteiger partial charge in [0.25, 0.3) is 0 Å². The van der Waals surface area contributed by atoms with Crippen molar-refractivity contribution in [1.82, 2.24) is 29.7 Å². The molecule has 9 heteroatoms. The number of pyridine rings is 1. The average molecular weight is 473 g/mol. The van der Waals surface area contributed by atoms with Crippen LogP contribution < -0.4 is 14.2 Å². The van der Waals surface area contributed by atoms with Crippen LogP contribution in [-0.4, -0.2) is 51.0 Å². The number of hydrogen-bond acceptors (Lipinski definition) is 8. The van der Waals surface area contributed by atoms with Crippen molar-refractivity contribution in [3.8, 4) is 23.1 Å². The van der Waals surface area contributed by atoms with E-state index in [0.29, 0.717) is 41.4 Å². The number of benzene rings is 1. The van der Waals surface area contributed by atoms with E-state index in [-0.39, 0.29) is 0 Å². The van der Waals surface area contributed by atoms with Gasteiger partial charge in [-0.15, -0.1) is 5.10 Å². The van der Waals surface area contributed by atoms with Gasteiger partial charge in [0.05, 0.1) is 33.2 Å². The number of aryl methyl sites for hydroxylation is 2. The number of methoxy groups -OCH3 is 3. The summed E-state index contributed by atoms with van der Waals surface area (Å²) in [6.45, 7) is 3.80. The van der Waals surface area contributed by atoms with Gasteiger partial charge >= 0.3 is 0 Å². The Balaban J connectivity index is 1.42. The van der Waals surface area contributed by atoms with Crippen LogP contribution in [0.1, 0.15) is 52.7 Å². The molecule has 1 aromatic carbocycles. The summed E-state index contributed by atoms with van der Waals surface area (Å²) in [5.41, 5.74) is 3.09. The molecule has 0 amide bonds. The minimum atomic E-state index is 0.301. The van der Waals surface area contributed by atoms with Crippen molar-refractivity contribution in [1.29, 1.82) is 0 Å². The Morgan fingerprint density at radius 3 is 2.34 bits per heavy atom. The van der Waals surface area contributed by atoms with Crippen molar-refractivity contribution in [2.75, 3.05) is 21.3 Å². The molecule has 1 fully saturated rings. The predicted molar refractivity (Wildman–Crippen MR) is 130 cm³/mol. The van der Waals surface area contributed by atoms with Gasteiger partial charge in [0.2, 0.25) is 0 Å². The maximum Gasteiger partial charge on any atom is 0.161 e. The molecule has 9 nitrogen and oxygen atoms in total. The number of rotatable bonds is 8. The topological polar surface area (TPSA) is 97.1 Å². The van der Waals surface area contributed by atoms with Crippen molar-refractivity contribution in [2.45, 2.75) is 38.5 Å². The fourth-order valence-electron chi connectivity index (χ4n) is 4.38. The van der Waals surface area contributed by atoms with E-state index in [1.807, 2.05) is 54.9 Å². The summed E-state index contributed by atoms with van der Waals surface area (Å²) in [6.07, 6.45) is 3.34. The van der Waals surface area contributed by atoms with Gasteiger partial charge in [0.1, 0.15) is 23.2 Å². The van der Waals surface area contributed by atoms with Crippen LogP contribution in [0.25, 0.3) is 5.82 Å². The predicted octanol–water partition coefficient (Wildman–Crippen LogP) is 3.96. The lowest BCUT2D eigenvalue weighted by atomic mass is 10.1. The molecule has 0 spiro atoms. The number of nitrogens with zero attached hydrogens (tertiary/aromatic N) is 6. The van der Waals surface area contributed by atoms with Crippen molar-refractivity contribution < 1.29 is 14.2 Å². The third-order valence-corrected chi connectivity index (χ3v) is 6.20. The smallest absolute Gasteiger partial charge is 0.161 e. The first kappa shape index (κ1) is 22.8. The minimum Gasteiger partial charge on any atom is -0.495 e. The van der Waals surface area contributed by atoms with E-state index in [0.717, 1.165) is 40.8 Å². The van der Waals surface area contributed by atoms with E-state index in [1.54, 1.807) is 27.5 Å². The SMILES string of the molecule is COc1ccc(C2CC2c2cc(-n3nc(C)nc3Cc3ccc(OC)c(OC)c3)nc(C)n2)nc1. The Kier molecular flexibility index (Phi) is 6.07. The molecular formula is C26H28N6O3. The molecule has 0 aliphatic heterocycles. The van der Waals surface area contributed by atoms with E-state index >= 15 is 0 Å². The molecule has 2 atom stereocenters. The summed E-state index contributed by atoms with van der Waals surface area (Å²) in [7, 11) is 4.90. The largest absolute Gasteiger partial charge is 0.495 e. The van der Waals surface area contributed by atoms with Gasteiger partial charge in [0.15, 0.2) is 17.3 Å². The maximum absolute atomic E-state index is 5.46. The van der Waals surface area contributed by atoms with Crippen LogP contribution in [0, 0.1) is 13.8 Å². The van der Waals surface area contributed by atoms with Crippen molar-refractivity contribution in [3.63, 3.8) is 0 Å². The normalized spacial score (nSPS) is 16.7.